The van der Waals surface area contributed by atoms with Gasteiger partial charge in [-0.15, -0.1) is 0 Å². The van der Waals surface area contributed by atoms with Crippen molar-refractivity contribution in [2.75, 3.05) is 6.61 Å². The molecule has 0 aliphatic rings. The minimum atomic E-state index is -1.14. The Balaban J connectivity index is 2.61. The molecule has 2 amide bonds. The minimum Gasteiger partial charge on any atom is -0.482 e. The van der Waals surface area contributed by atoms with Crippen LogP contribution in [0.5, 0.6) is 5.75 Å². The molecular formula is C13H15N3O3. The van der Waals surface area contributed by atoms with Gasteiger partial charge in [0.15, 0.2) is 6.61 Å². The third-order valence-corrected chi connectivity index (χ3v) is 2.43. The van der Waals surface area contributed by atoms with Gasteiger partial charge < -0.3 is 15.8 Å². The Morgan fingerprint density at radius 2 is 2.05 bits per heavy atom. The maximum atomic E-state index is 11.6. The largest absolute Gasteiger partial charge is 0.482 e. The average Bonchev–Trinajstić information content (AvgIpc) is 2.36. The lowest BCUT2D eigenvalue weighted by Gasteiger charge is -2.22. The number of carbonyl (C=O) groups is 2. The van der Waals surface area contributed by atoms with Crippen molar-refractivity contribution in [2.45, 2.75) is 19.4 Å². The lowest BCUT2D eigenvalue weighted by Crippen LogP contribution is -2.54. The molecule has 0 atom stereocenters. The molecule has 100 valence electrons. The first-order chi connectivity index (χ1) is 8.86. The van der Waals surface area contributed by atoms with Gasteiger partial charge in [0, 0.05) is 0 Å². The molecule has 0 radical (unpaired) electrons. The number of benzene rings is 1. The number of hydrogen-bond acceptors (Lipinski definition) is 4. The monoisotopic (exact) mass is 261 g/mol. The molecule has 0 bridgehead atoms. The number of amides is 2. The van der Waals surface area contributed by atoms with Crippen molar-refractivity contribution in [1.82, 2.24) is 5.32 Å². The van der Waals surface area contributed by atoms with Crippen LogP contribution in [0.2, 0.25) is 0 Å². The standard InChI is InChI=1S/C13H15N3O3/c1-13(2,12(15)18)16-11(17)8-19-10-6-4-3-5-9(10)7-14/h3-6H,8H2,1-2H3,(H2,15,18)(H,16,17). The number of nitriles is 1. The molecule has 0 aliphatic heterocycles. The zero-order valence-electron chi connectivity index (χ0n) is 10.8. The number of nitrogens with zero attached hydrogens (tertiary/aromatic N) is 1. The number of rotatable bonds is 5. The van der Waals surface area contributed by atoms with E-state index in [-0.39, 0.29) is 6.61 Å². The summed E-state index contributed by atoms with van der Waals surface area (Å²) in [5, 5.41) is 11.3. The van der Waals surface area contributed by atoms with Crippen molar-refractivity contribution in [3.63, 3.8) is 0 Å². The van der Waals surface area contributed by atoms with E-state index in [0.717, 1.165) is 0 Å². The number of hydrogen-bond donors (Lipinski definition) is 2. The zero-order valence-corrected chi connectivity index (χ0v) is 10.8. The van der Waals surface area contributed by atoms with Crippen LogP contribution in [0, 0.1) is 11.3 Å². The lowest BCUT2D eigenvalue weighted by molar-refractivity contribution is -0.131. The summed E-state index contributed by atoms with van der Waals surface area (Å²) in [5.74, 6) is -0.813. The van der Waals surface area contributed by atoms with Crippen LogP contribution in [-0.2, 0) is 9.59 Å². The Hall–Kier alpha value is -2.55. The van der Waals surface area contributed by atoms with E-state index in [1.807, 2.05) is 6.07 Å². The van der Waals surface area contributed by atoms with E-state index in [1.54, 1.807) is 24.3 Å². The van der Waals surface area contributed by atoms with E-state index in [9.17, 15) is 9.59 Å². The average molecular weight is 261 g/mol. The fourth-order valence-corrected chi connectivity index (χ4v) is 1.27. The second kappa shape index (κ2) is 5.87. The first kappa shape index (κ1) is 14.5. The quantitative estimate of drug-likeness (QED) is 0.796. The van der Waals surface area contributed by atoms with Crippen LogP contribution in [-0.4, -0.2) is 24.0 Å². The molecule has 0 spiro atoms. The Morgan fingerprint density at radius 3 is 2.63 bits per heavy atom. The van der Waals surface area contributed by atoms with E-state index in [4.69, 9.17) is 15.7 Å². The van der Waals surface area contributed by atoms with Gasteiger partial charge in [0.1, 0.15) is 17.4 Å². The molecule has 0 aromatic heterocycles. The van der Waals surface area contributed by atoms with Crippen molar-refractivity contribution in [3.8, 4) is 11.8 Å². The number of primary amides is 1. The van der Waals surface area contributed by atoms with Crippen LogP contribution in [0.1, 0.15) is 19.4 Å². The molecular weight excluding hydrogens is 246 g/mol. The van der Waals surface area contributed by atoms with Crippen molar-refractivity contribution < 1.29 is 14.3 Å². The summed E-state index contributed by atoms with van der Waals surface area (Å²) in [6, 6.07) is 8.52. The highest BCUT2D eigenvalue weighted by Crippen LogP contribution is 2.16. The second-order valence-corrected chi connectivity index (χ2v) is 4.43. The van der Waals surface area contributed by atoms with Gasteiger partial charge in [-0.3, -0.25) is 9.59 Å². The minimum absolute atomic E-state index is 0.296. The predicted molar refractivity (Wildman–Crippen MR) is 68.1 cm³/mol. The second-order valence-electron chi connectivity index (χ2n) is 4.43. The maximum absolute atomic E-state index is 11.6. The highest BCUT2D eigenvalue weighted by molar-refractivity contribution is 5.90. The smallest absolute Gasteiger partial charge is 0.258 e. The molecule has 6 nitrogen and oxygen atoms in total. The molecule has 0 heterocycles. The highest BCUT2D eigenvalue weighted by Gasteiger charge is 2.26. The van der Waals surface area contributed by atoms with Crippen LogP contribution in [0.15, 0.2) is 24.3 Å². The summed E-state index contributed by atoms with van der Waals surface area (Å²) in [4.78, 5) is 22.7. The van der Waals surface area contributed by atoms with Gasteiger partial charge in [-0.25, -0.2) is 0 Å². The van der Waals surface area contributed by atoms with Crippen LogP contribution >= 0.6 is 0 Å². The topological polar surface area (TPSA) is 105 Å². The van der Waals surface area contributed by atoms with Crippen molar-refractivity contribution in [3.05, 3.63) is 29.8 Å². The van der Waals surface area contributed by atoms with E-state index in [0.29, 0.717) is 11.3 Å². The molecule has 0 saturated carbocycles. The van der Waals surface area contributed by atoms with Crippen LogP contribution in [0.25, 0.3) is 0 Å². The number of para-hydroxylation sites is 1. The molecule has 0 fully saturated rings. The van der Waals surface area contributed by atoms with Gasteiger partial charge in [-0.05, 0) is 26.0 Å². The molecule has 1 rings (SSSR count). The lowest BCUT2D eigenvalue weighted by atomic mass is 10.1. The van der Waals surface area contributed by atoms with E-state index in [1.165, 1.54) is 13.8 Å². The summed E-state index contributed by atoms with van der Waals surface area (Å²) in [6.45, 7) is 2.70. The van der Waals surface area contributed by atoms with E-state index >= 15 is 0 Å². The van der Waals surface area contributed by atoms with Gasteiger partial charge in [0.25, 0.3) is 5.91 Å². The maximum Gasteiger partial charge on any atom is 0.258 e. The fraction of sp³-hybridized carbons (Fsp3) is 0.308. The third-order valence-electron chi connectivity index (χ3n) is 2.43. The number of nitrogens with two attached hydrogens (primary N) is 1. The summed E-state index contributed by atoms with van der Waals surface area (Å²) in [7, 11) is 0. The van der Waals surface area contributed by atoms with Gasteiger partial charge >= 0.3 is 0 Å². The molecule has 3 N–H and O–H groups in total. The Morgan fingerprint density at radius 1 is 1.42 bits per heavy atom. The third kappa shape index (κ3) is 4.00. The molecule has 1 aromatic rings. The van der Waals surface area contributed by atoms with E-state index in [2.05, 4.69) is 5.32 Å². The summed E-state index contributed by atoms with van der Waals surface area (Å²) in [6.07, 6.45) is 0. The molecule has 0 unspecified atom stereocenters. The summed E-state index contributed by atoms with van der Waals surface area (Å²) < 4.78 is 5.23. The van der Waals surface area contributed by atoms with Crippen LogP contribution in [0.4, 0.5) is 0 Å². The summed E-state index contributed by atoms with van der Waals surface area (Å²) >= 11 is 0. The Labute approximate surface area is 111 Å². The molecule has 0 aliphatic carbocycles. The predicted octanol–water partition coefficient (Wildman–Crippen LogP) is 0.317. The Kier molecular flexibility index (Phi) is 4.48. The van der Waals surface area contributed by atoms with Crippen molar-refractivity contribution in [2.24, 2.45) is 5.73 Å². The highest BCUT2D eigenvalue weighted by atomic mass is 16.5. The fourth-order valence-electron chi connectivity index (χ4n) is 1.27. The first-order valence-corrected chi connectivity index (χ1v) is 5.59. The molecule has 1 aromatic carbocycles. The molecule has 19 heavy (non-hydrogen) atoms. The van der Waals surface area contributed by atoms with E-state index < -0.39 is 17.4 Å². The van der Waals surface area contributed by atoms with Crippen molar-refractivity contribution in [1.29, 1.82) is 5.26 Å². The van der Waals surface area contributed by atoms with Crippen LogP contribution < -0.4 is 15.8 Å². The van der Waals surface area contributed by atoms with Gasteiger partial charge in [-0.1, -0.05) is 12.1 Å². The SMILES string of the molecule is CC(C)(NC(=O)COc1ccccc1C#N)C(N)=O. The van der Waals surface area contributed by atoms with Crippen LogP contribution in [0.3, 0.4) is 0 Å². The van der Waals surface area contributed by atoms with Gasteiger partial charge in [-0.2, -0.15) is 5.26 Å². The molecule has 6 heteroatoms. The summed E-state index contributed by atoms with van der Waals surface area (Å²) in [5.41, 5.74) is 4.33. The first-order valence-electron chi connectivity index (χ1n) is 5.59. The Bertz CT molecular complexity index is 532. The molecule has 0 saturated heterocycles. The number of carbonyl (C=O) groups excluding carboxylic acids is 2. The number of ether oxygens (including phenoxy) is 1. The van der Waals surface area contributed by atoms with Gasteiger partial charge in [0.2, 0.25) is 5.91 Å². The number of nitrogens with one attached hydrogen (secondary N) is 1. The normalized spacial score (nSPS) is 10.4. The van der Waals surface area contributed by atoms with Gasteiger partial charge in [0.05, 0.1) is 5.56 Å². The van der Waals surface area contributed by atoms with Crippen molar-refractivity contribution >= 4 is 11.8 Å². The zero-order chi connectivity index (χ0) is 14.5.